The number of rotatable bonds is 4. The van der Waals surface area contributed by atoms with Crippen LogP contribution in [-0.2, 0) is 19.3 Å². The molecule has 2 heterocycles. The summed E-state index contributed by atoms with van der Waals surface area (Å²) in [6.07, 6.45) is 5.52. The third-order valence-corrected chi connectivity index (χ3v) is 3.42. The molecule has 0 saturated heterocycles. The van der Waals surface area contributed by atoms with Crippen LogP contribution in [0.3, 0.4) is 0 Å². The van der Waals surface area contributed by atoms with Crippen LogP contribution >= 0.6 is 11.8 Å². The molecule has 2 rings (SSSR count). The van der Waals surface area contributed by atoms with Crippen molar-refractivity contribution in [2.75, 3.05) is 0 Å². The van der Waals surface area contributed by atoms with E-state index in [2.05, 4.69) is 16.0 Å². The molecular formula is C11H14N4S. The first-order valence-electron chi connectivity index (χ1n) is 5.04. The van der Waals surface area contributed by atoms with Crippen LogP contribution in [0, 0.1) is 0 Å². The van der Waals surface area contributed by atoms with Crippen LogP contribution in [0.2, 0.25) is 0 Å². The summed E-state index contributed by atoms with van der Waals surface area (Å²) in [7, 11) is 1.99. The van der Waals surface area contributed by atoms with Gasteiger partial charge in [0.2, 0.25) is 0 Å². The summed E-state index contributed by atoms with van der Waals surface area (Å²) >= 11 is 1.69. The molecule has 0 spiro atoms. The predicted molar refractivity (Wildman–Crippen MR) is 64.9 cm³/mol. The lowest BCUT2D eigenvalue weighted by Crippen LogP contribution is -2.03. The number of nitrogens with two attached hydrogens (primary N) is 1. The van der Waals surface area contributed by atoms with E-state index in [4.69, 9.17) is 5.73 Å². The SMILES string of the molecule is Cn1ccnc1SCc1cccnc1CN. The zero-order valence-electron chi connectivity index (χ0n) is 9.13. The minimum atomic E-state index is 0.483. The summed E-state index contributed by atoms with van der Waals surface area (Å²) in [5, 5.41) is 1.01. The van der Waals surface area contributed by atoms with Gasteiger partial charge in [-0.05, 0) is 11.6 Å². The van der Waals surface area contributed by atoms with Crippen molar-refractivity contribution >= 4 is 11.8 Å². The molecule has 84 valence electrons. The number of pyridine rings is 1. The maximum Gasteiger partial charge on any atom is 0.167 e. The molecule has 2 N–H and O–H groups in total. The molecule has 0 saturated carbocycles. The second kappa shape index (κ2) is 5.14. The van der Waals surface area contributed by atoms with E-state index in [9.17, 15) is 0 Å². The monoisotopic (exact) mass is 234 g/mol. The molecule has 2 aromatic heterocycles. The molecule has 0 unspecified atom stereocenters. The van der Waals surface area contributed by atoms with Gasteiger partial charge < -0.3 is 10.3 Å². The minimum absolute atomic E-state index is 0.483. The summed E-state index contributed by atoms with van der Waals surface area (Å²) in [6, 6.07) is 4.00. The van der Waals surface area contributed by atoms with Crippen LogP contribution in [0.15, 0.2) is 35.9 Å². The maximum atomic E-state index is 5.64. The molecule has 0 fully saturated rings. The quantitative estimate of drug-likeness (QED) is 0.816. The molecule has 4 nitrogen and oxygen atoms in total. The first kappa shape index (κ1) is 11.2. The van der Waals surface area contributed by atoms with Gasteiger partial charge in [-0.25, -0.2) is 4.98 Å². The van der Waals surface area contributed by atoms with Gasteiger partial charge in [-0.3, -0.25) is 4.98 Å². The zero-order valence-corrected chi connectivity index (χ0v) is 9.94. The zero-order chi connectivity index (χ0) is 11.4. The van der Waals surface area contributed by atoms with E-state index in [1.807, 2.05) is 23.9 Å². The van der Waals surface area contributed by atoms with Crippen molar-refractivity contribution in [1.29, 1.82) is 0 Å². The lowest BCUT2D eigenvalue weighted by molar-refractivity contribution is 0.789. The highest BCUT2D eigenvalue weighted by atomic mass is 32.2. The average Bonchev–Trinajstić information content (AvgIpc) is 2.72. The van der Waals surface area contributed by atoms with Gasteiger partial charge >= 0.3 is 0 Å². The second-order valence-electron chi connectivity index (χ2n) is 3.42. The highest BCUT2D eigenvalue weighted by molar-refractivity contribution is 7.98. The third kappa shape index (κ3) is 2.43. The molecule has 0 aromatic carbocycles. The van der Waals surface area contributed by atoms with Gasteiger partial charge in [-0.1, -0.05) is 17.8 Å². The standard InChI is InChI=1S/C11H14N4S/c1-15-6-5-14-11(15)16-8-9-3-2-4-13-10(9)7-12/h2-6H,7-8,12H2,1H3. The third-order valence-electron chi connectivity index (χ3n) is 2.31. The molecule has 16 heavy (non-hydrogen) atoms. The largest absolute Gasteiger partial charge is 0.329 e. The summed E-state index contributed by atoms with van der Waals surface area (Å²) in [5.74, 6) is 0.852. The fraction of sp³-hybridized carbons (Fsp3) is 0.273. The van der Waals surface area contributed by atoms with Gasteiger partial charge in [0.05, 0.1) is 5.69 Å². The predicted octanol–water partition coefficient (Wildman–Crippen LogP) is 1.57. The lowest BCUT2D eigenvalue weighted by Gasteiger charge is -2.05. The number of aryl methyl sites for hydroxylation is 1. The Morgan fingerprint density at radius 3 is 2.94 bits per heavy atom. The summed E-state index contributed by atoms with van der Waals surface area (Å²) in [6.45, 7) is 0.483. The van der Waals surface area contributed by atoms with Crippen LogP contribution in [0.1, 0.15) is 11.3 Å². The molecule has 0 radical (unpaired) electrons. The van der Waals surface area contributed by atoms with E-state index in [0.717, 1.165) is 16.6 Å². The Bertz CT molecular complexity index is 467. The Kier molecular flexibility index (Phi) is 3.58. The van der Waals surface area contributed by atoms with E-state index in [-0.39, 0.29) is 0 Å². The van der Waals surface area contributed by atoms with Gasteiger partial charge in [-0.2, -0.15) is 0 Å². The van der Waals surface area contributed by atoms with E-state index in [1.54, 1.807) is 24.2 Å². The van der Waals surface area contributed by atoms with Crippen LogP contribution in [0.25, 0.3) is 0 Å². The minimum Gasteiger partial charge on any atom is -0.329 e. The molecule has 0 aliphatic carbocycles. The summed E-state index contributed by atoms with van der Waals surface area (Å²) < 4.78 is 2.00. The smallest absolute Gasteiger partial charge is 0.167 e. The van der Waals surface area contributed by atoms with Crippen LogP contribution in [0.5, 0.6) is 0 Å². The molecule has 2 aromatic rings. The lowest BCUT2D eigenvalue weighted by atomic mass is 10.2. The van der Waals surface area contributed by atoms with E-state index < -0.39 is 0 Å². The number of hydrogen-bond acceptors (Lipinski definition) is 4. The fourth-order valence-electron chi connectivity index (χ4n) is 1.42. The number of nitrogens with zero attached hydrogens (tertiary/aromatic N) is 3. The number of thioether (sulfide) groups is 1. The number of imidazole rings is 1. The molecule has 0 aliphatic heterocycles. The molecule has 0 atom stereocenters. The Labute approximate surface area is 98.9 Å². The second-order valence-corrected chi connectivity index (χ2v) is 4.37. The fourth-order valence-corrected chi connectivity index (χ4v) is 2.37. The van der Waals surface area contributed by atoms with Gasteiger partial charge in [0.1, 0.15) is 0 Å². The first-order valence-corrected chi connectivity index (χ1v) is 6.03. The van der Waals surface area contributed by atoms with Crippen molar-refractivity contribution in [2.45, 2.75) is 17.5 Å². The van der Waals surface area contributed by atoms with E-state index in [0.29, 0.717) is 6.54 Å². The Hall–Kier alpha value is -1.33. The van der Waals surface area contributed by atoms with Crippen LogP contribution < -0.4 is 5.73 Å². The van der Waals surface area contributed by atoms with Crippen LogP contribution in [-0.4, -0.2) is 14.5 Å². The Balaban J connectivity index is 2.07. The van der Waals surface area contributed by atoms with Crippen LogP contribution in [0.4, 0.5) is 0 Å². The number of hydrogen-bond donors (Lipinski definition) is 1. The molecular weight excluding hydrogens is 220 g/mol. The highest BCUT2D eigenvalue weighted by Gasteiger charge is 2.04. The van der Waals surface area contributed by atoms with Crippen molar-refractivity contribution in [3.63, 3.8) is 0 Å². The highest BCUT2D eigenvalue weighted by Crippen LogP contribution is 2.21. The van der Waals surface area contributed by atoms with Crippen molar-refractivity contribution in [2.24, 2.45) is 12.8 Å². The van der Waals surface area contributed by atoms with E-state index in [1.165, 1.54) is 5.56 Å². The van der Waals surface area contributed by atoms with Gasteiger partial charge in [0.25, 0.3) is 0 Å². The van der Waals surface area contributed by atoms with Crippen molar-refractivity contribution in [3.05, 3.63) is 42.0 Å². The molecule has 0 aliphatic rings. The van der Waals surface area contributed by atoms with Crippen molar-refractivity contribution in [3.8, 4) is 0 Å². The summed E-state index contributed by atoms with van der Waals surface area (Å²) in [4.78, 5) is 8.51. The van der Waals surface area contributed by atoms with Crippen molar-refractivity contribution in [1.82, 2.24) is 14.5 Å². The van der Waals surface area contributed by atoms with Gasteiger partial charge in [0, 0.05) is 37.9 Å². The maximum absolute atomic E-state index is 5.64. The molecule has 0 amide bonds. The Morgan fingerprint density at radius 1 is 1.38 bits per heavy atom. The Morgan fingerprint density at radius 2 is 2.25 bits per heavy atom. The normalized spacial score (nSPS) is 10.6. The van der Waals surface area contributed by atoms with E-state index >= 15 is 0 Å². The van der Waals surface area contributed by atoms with Gasteiger partial charge in [0.15, 0.2) is 5.16 Å². The van der Waals surface area contributed by atoms with Crippen molar-refractivity contribution < 1.29 is 0 Å². The first-order chi connectivity index (χ1) is 7.81. The molecule has 0 bridgehead atoms. The summed E-state index contributed by atoms with van der Waals surface area (Å²) in [5.41, 5.74) is 7.78. The van der Waals surface area contributed by atoms with Gasteiger partial charge in [-0.15, -0.1) is 0 Å². The molecule has 5 heteroatoms. The topological polar surface area (TPSA) is 56.7 Å². The average molecular weight is 234 g/mol. The number of aromatic nitrogens is 3.